The molecule has 3 rings (SSSR count). The molecule has 1 aliphatic heterocycles. The number of rotatable bonds is 3. The molecule has 1 unspecified atom stereocenters. The van der Waals surface area contributed by atoms with Crippen LogP contribution in [-0.2, 0) is 10.3 Å². The molecule has 1 atom stereocenters. The molecule has 23 heavy (non-hydrogen) atoms. The standard InChI is InChI=1S/C18H19Cl2NO2/c1-3-18(4-2)13-7-5-6-8-15(13)21-17(23-18)12-9-11(19)10-14(20)16(12)22/h5-10,17,21-22H,3-4H2,1-2H3. The van der Waals surface area contributed by atoms with Crippen molar-refractivity contribution in [3.63, 3.8) is 0 Å². The fourth-order valence-corrected chi connectivity index (χ4v) is 3.70. The van der Waals surface area contributed by atoms with Gasteiger partial charge in [0.2, 0.25) is 0 Å². The number of anilines is 1. The topological polar surface area (TPSA) is 41.5 Å². The minimum atomic E-state index is -0.513. The summed E-state index contributed by atoms with van der Waals surface area (Å²) in [4.78, 5) is 0. The lowest BCUT2D eigenvalue weighted by Crippen LogP contribution is -2.38. The maximum Gasteiger partial charge on any atom is 0.158 e. The Morgan fingerprint density at radius 3 is 2.57 bits per heavy atom. The Kier molecular flexibility index (Phi) is 4.45. The molecule has 0 aromatic heterocycles. The van der Waals surface area contributed by atoms with Gasteiger partial charge < -0.3 is 15.2 Å². The van der Waals surface area contributed by atoms with Gasteiger partial charge in [-0.1, -0.05) is 55.2 Å². The Morgan fingerprint density at radius 2 is 1.87 bits per heavy atom. The van der Waals surface area contributed by atoms with Crippen LogP contribution in [0.2, 0.25) is 10.0 Å². The number of nitrogens with one attached hydrogen (secondary N) is 1. The molecule has 2 aromatic carbocycles. The number of phenols is 1. The largest absolute Gasteiger partial charge is 0.506 e. The second kappa shape index (κ2) is 6.23. The molecule has 3 nitrogen and oxygen atoms in total. The van der Waals surface area contributed by atoms with E-state index in [0.717, 1.165) is 24.1 Å². The van der Waals surface area contributed by atoms with Crippen molar-refractivity contribution in [3.05, 3.63) is 57.6 Å². The summed E-state index contributed by atoms with van der Waals surface area (Å²) in [6, 6.07) is 11.3. The third kappa shape index (κ3) is 2.78. The van der Waals surface area contributed by atoms with Crippen LogP contribution in [0.3, 0.4) is 0 Å². The Balaban J connectivity index is 2.11. The molecule has 0 fully saturated rings. The molecule has 0 bridgehead atoms. The van der Waals surface area contributed by atoms with Gasteiger partial charge in [0, 0.05) is 21.8 Å². The zero-order valence-electron chi connectivity index (χ0n) is 13.1. The molecule has 2 aromatic rings. The van der Waals surface area contributed by atoms with Crippen LogP contribution in [0, 0.1) is 0 Å². The minimum absolute atomic E-state index is 0.00551. The third-order valence-corrected chi connectivity index (χ3v) is 5.04. The van der Waals surface area contributed by atoms with Crippen LogP contribution in [0.1, 0.15) is 44.0 Å². The van der Waals surface area contributed by atoms with Gasteiger partial charge in [-0.15, -0.1) is 0 Å². The van der Waals surface area contributed by atoms with E-state index in [1.807, 2.05) is 18.2 Å². The average molecular weight is 352 g/mol. The Hall–Kier alpha value is -1.42. The van der Waals surface area contributed by atoms with Gasteiger partial charge in [0.05, 0.1) is 10.6 Å². The van der Waals surface area contributed by atoms with Crippen LogP contribution in [-0.4, -0.2) is 5.11 Å². The number of hydrogen-bond acceptors (Lipinski definition) is 3. The van der Waals surface area contributed by atoms with E-state index >= 15 is 0 Å². The second-order valence-electron chi connectivity index (χ2n) is 5.71. The van der Waals surface area contributed by atoms with Crippen molar-refractivity contribution >= 4 is 28.9 Å². The first-order valence-corrected chi connectivity index (χ1v) is 8.48. The van der Waals surface area contributed by atoms with E-state index < -0.39 is 11.8 Å². The van der Waals surface area contributed by atoms with Crippen LogP contribution < -0.4 is 5.32 Å². The fraction of sp³-hybridized carbons (Fsp3) is 0.333. The molecule has 0 radical (unpaired) electrons. The van der Waals surface area contributed by atoms with E-state index in [1.165, 1.54) is 6.07 Å². The van der Waals surface area contributed by atoms with Crippen LogP contribution in [0.25, 0.3) is 0 Å². The van der Waals surface area contributed by atoms with Crippen molar-refractivity contribution < 1.29 is 9.84 Å². The quantitative estimate of drug-likeness (QED) is 0.727. The molecule has 0 aliphatic carbocycles. The molecule has 122 valence electrons. The normalized spacial score (nSPS) is 19.0. The molecule has 0 spiro atoms. The van der Waals surface area contributed by atoms with Gasteiger partial charge in [-0.05, 0) is 31.0 Å². The Bertz CT molecular complexity index is 729. The van der Waals surface area contributed by atoms with Crippen molar-refractivity contribution in [3.8, 4) is 5.75 Å². The Labute approximate surface area is 146 Å². The van der Waals surface area contributed by atoms with Gasteiger partial charge >= 0.3 is 0 Å². The summed E-state index contributed by atoms with van der Waals surface area (Å²) in [5, 5.41) is 14.3. The molecular weight excluding hydrogens is 333 g/mol. The number of halogens is 2. The van der Waals surface area contributed by atoms with Crippen LogP contribution >= 0.6 is 23.2 Å². The molecule has 0 saturated heterocycles. The fourth-order valence-electron chi connectivity index (χ4n) is 3.19. The third-order valence-electron chi connectivity index (χ3n) is 4.53. The number of aromatic hydroxyl groups is 1. The highest BCUT2D eigenvalue weighted by Gasteiger charge is 2.39. The highest BCUT2D eigenvalue weighted by atomic mass is 35.5. The van der Waals surface area contributed by atoms with Crippen molar-refractivity contribution in [2.45, 2.75) is 38.5 Å². The SMILES string of the molecule is CCC1(CC)OC(c2cc(Cl)cc(Cl)c2O)Nc2ccccc21. The number of hydrogen-bond donors (Lipinski definition) is 2. The number of benzene rings is 2. The first kappa shape index (κ1) is 16.4. The van der Waals surface area contributed by atoms with Gasteiger partial charge in [-0.3, -0.25) is 0 Å². The van der Waals surface area contributed by atoms with Crippen molar-refractivity contribution in [2.24, 2.45) is 0 Å². The van der Waals surface area contributed by atoms with Gasteiger partial charge in [0.1, 0.15) is 5.75 Å². The first-order valence-electron chi connectivity index (χ1n) is 7.72. The Morgan fingerprint density at radius 1 is 1.17 bits per heavy atom. The van der Waals surface area contributed by atoms with Crippen molar-refractivity contribution in [2.75, 3.05) is 5.32 Å². The second-order valence-corrected chi connectivity index (χ2v) is 6.56. The predicted molar refractivity (Wildman–Crippen MR) is 94.3 cm³/mol. The number of ether oxygens (including phenoxy) is 1. The summed E-state index contributed by atoms with van der Waals surface area (Å²) >= 11 is 12.2. The molecule has 0 amide bonds. The highest BCUT2D eigenvalue weighted by Crippen LogP contribution is 2.48. The van der Waals surface area contributed by atoms with Crippen molar-refractivity contribution in [1.29, 1.82) is 0 Å². The molecule has 2 N–H and O–H groups in total. The lowest BCUT2D eigenvalue weighted by molar-refractivity contribution is -0.104. The van der Waals surface area contributed by atoms with E-state index in [2.05, 4.69) is 25.2 Å². The maximum absolute atomic E-state index is 10.3. The van der Waals surface area contributed by atoms with Crippen molar-refractivity contribution in [1.82, 2.24) is 0 Å². The number of fused-ring (bicyclic) bond motifs is 1. The van der Waals surface area contributed by atoms with Crippen LogP contribution in [0.5, 0.6) is 5.75 Å². The molecule has 1 aliphatic rings. The summed E-state index contributed by atoms with van der Waals surface area (Å²) in [5.74, 6) is -0.00551. The average Bonchev–Trinajstić information content (AvgIpc) is 2.57. The monoisotopic (exact) mass is 351 g/mol. The van der Waals surface area contributed by atoms with E-state index in [4.69, 9.17) is 27.9 Å². The van der Waals surface area contributed by atoms with Gasteiger partial charge in [0.25, 0.3) is 0 Å². The maximum atomic E-state index is 10.3. The predicted octanol–water partition coefficient (Wildman–Crippen LogP) is 5.86. The zero-order valence-corrected chi connectivity index (χ0v) is 14.6. The van der Waals surface area contributed by atoms with E-state index in [0.29, 0.717) is 10.6 Å². The summed E-state index contributed by atoms with van der Waals surface area (Å²) in [5.41, 5.74) is 2.27. The highest BCUT2D eigenvalue weighted by molar-refractivity contribution is 6.35. The zero-order chi connectivity index (χ0) is 16.6. The van der Waals surface area contributed by atoms with Crippen LogP contribution in [0.15, 0.2) is 36.4 Å². The van der Waals surface area contributed by atoms with Gasteiger partial charge in [0.15, 0.2) is 6.23 Å². The summed E-state index contributed by atoms with van der Waals surface area (Å²) < 4.78 is 6.39. The lowest BCUT2D eigenvalue weighted by atomic mass is 9.85. The molecule has 5 heteroatoms. The minimum Gasteiger partial charge on any atom is -0.506 e. The molecule has 1 heterocycles. The smallest absolute Gasteiger partial charge is 0.158 e. The van der Waals surface area contributed by atoms with E-state index in [1.54, 1.807) is 6.07 Å². The van der Waals surface area contributed by atoms with Crippen LogP contribution in [0.4, 0.5) is 5.69 Å². The molecular formula is C18H19Cl2NO2. The van der Waals surface area contributed by atoms with E-state index in [-0.39, 0.29) is 10.8 Å². The first-order chi connectivity index (χ1) is 11.0. The number of phenolic OH excluding ortho intramolecular Hbond substituents is 1. The lowest BCUT2D eigenvalue weighted by Gasteiger charge is -2.43. The summed E-state index contributed by atoms with van der Waals surface area (Å²) in [6.45, 7) is 4.21. The summed E-state index contributed by atoms with van der Waals surface area (Å²) in [6.07, 6.45) is 1.14. The number of para-hydroxylation sites is 1. The van der Waals surface area contributed by atoms with Gasteiger partial charge in [-0.25, -0.2) is 0 Å². The van der Waals surface area contributed by atoms with E-state index in [9.17, 15) is 5.11 Å². The molecule has 0 saturated carbocycles. The van der Waals surface area contributed by atoms with Gasteiger partial charge in [-0.2, -0.15) is 0 Å². The summed E-state index contributed by atoms with van der Waals surface area (Å²) in [7, 11) is 0.